The quantitative estimate of drug-likeness (QED) is 0.244. The van der Waals surface area contributed by atoms with Crippen molar-refractivity contribution in [2.75, 3.05) is 33.5 Å². The van der Waals surface area contributed by atoms with E-state index in [-0.39, 0.29) is 13.7 Å². The summed E-state index contributed by atoms with van der Waals surface area (Å²) in [6.45, 7) is -6.85. The Bertz CT molecular complexity index is 688. The SMILES string of the molecule is COCC(F)(F)C(F)(F)C(F)(F)C(F)(F)C(F)(F)C(F)(F)C(F)(F)C(F)(F)COCC1CO1. The fraction of sp³-hybridized carbons (Fsp3) is 1.00. The monoisotopic (exact) mass is 532 g/mol. The molecule has 1 fully saturated rings. The van der Waals surface area contributed by atoms with Crippen LogP contribution in [0.25, 0.3) is 0 Å². The van der Waals surface area contributed by atoms with Crippen molar-refractivity contribution in [3.8, 4) is 0 Å². The van der Waals surface area contributed by atoms with E-state index in [0.717, 1.165) is 0 Å². The maximum atomic E-state index is 13.6. The van der Waals surface area contributed by atoms with Crippen molar-refractivity contribution in [3.05, 3.63) is 0 Å². The molecule has 0 radical (unpaired) electrons. The van der Waals surface area contributed by atoms with Gasteiger partial charge < -0.3 is 14.2 Å². The average molecular weight is 532 g/mol. The van der Waals surface area contributed by atoms with Crippen molar-refractivity contribution < 1.29 is 84.5 Å². The van der Waals surface area contributed by atoms with E-state index in [9.17, 15) is 70.2 Å². The first-order valence-electron chi connectivity index (χ1n) is 8.10. The second kappa shape index (κ2) is 8.46. The minimum absolute atomic E-state index is 0.128. The van der Waals surface area contributed by atoms with E-state index >= 15 is 0 Å². The number of methoxy groups -OCH3 is 1. The molecule has 0 bridgehead atoms. The Balaban J connectivity index is 3.41. The van der Waals surface area contributed by atoms with Crippen LogP contribution in [-0.4, -0.2) is 87.0 Å². The normalized spacial score (nSPS) is 19.7. The van der Waals surface area contributed by atoms with Gasteiger partial charge in [0.1, 0.15) is 19.3 Å². The lowest BCUT2D eigenvalue weighted by Crippen LogP contribution is -2.75. The zero-order valence-electron chi connectivity index (χ0n) is 15.7. The molecule has 19 heteroatoms. The Morgan fingerprint density at radius 3 is 1.18 bits per heavy atom. The first kappa shape index (κ1) is 29.8. The molecular formula is C14H12F16O3. The fourth-order valence-corrected chi connectivity index (χ4v) is 2.09. The number of halogens is 16. The Morgan fingerprint density at radius 1 is 0.576 bits per heavy atom. The predicted octanol–water partition coefficient (Wildman–Crippen LogP) is 5.13. The minimum Gasteiger partial charge on any atom is -0.378 e. The topological polar surface area (TPSA) is 31.0 Å². The van der Waals surface area contributed by atoms with E-state index in [1.54, 1.807) is 0 Å². The molecule has 1 atom stereocenters. The first-order chi connectivity index (χ1) is 14.4. The molecule has 0 spiro atoms. The molecule has 1 unspecified atom stereocenters. The highest BCUT2D eigenvalue weighted by molar-refractivity contribution is 5.15. The lowest BCUT2D eigenvalue weighted by Gasteiger charge is -2.43. The molecule has 0 aromatic rings. The van der Waals surface area contributed by atoms with Crippen LogP contribution in [0.2, 0.25) is 0 Å². The molecule has 1 aliphatic heterocycles. The summed E-state index contributed by atoms with van der Waals surface area (Å²) < 4.78 is 227. The Hall–Kier alpha value is -1.24. The largest absolute Gasteiger partial charge is 0.385 e. The van der Waals surface area contributed by atoms with E-state index < -0.39 is 73.3 Å². The van der Waals surface area contributed by atoms with Crippen molar-refractivity contribution in [1.29, 1.82) is 0 Å². The van der Waals surface area contributed by atoms with Crippen molar-refractivity contribution in [2.24, 2.45) is 0 Å². The number of alkyl halides is 16. The molecule has 1 aliphatic rings. The summed E-state index contributed by atoms with van der Waals surface area (Å²) in [7, 11) is 0.128. The van der Waals surface area contributed by atoms with Crippen LogP contribution < -0.4 is 0 Å². The smallest absolute Gasteiger partial charge is 0.378 e. The summed E-state index contributed by atoms with van der Waals surface area (Å²) in [6, 6.07) is 0. The van der Waals surface area contributed by atoms with Crippen LogP contribution in [-0.2, 0) is 14.2 Å². The van der Waals surface area contributed by atoms with Crippen LogP contribution in [0, 0.1) is 0 Å². The summed E-state index contributed by atoms with van der Waals surface area (Å²) in [6.07, 6.45) is -0.976. The number of hydrogen-bond donors (Lipinski definition) is 0. The van der Waals surface area contributed by atoms with E-state index in [0.29, 0.717) is 0 Å². The molecule has 1 saturated heterocycles. The van der Waals surface area contributed by atoms with Crippen LogP contribution >= 0.6 is 0 Å². The maximum Gasteiger partial charge on any atom is 0.385 e. The molecule has 0 amide bonds. The molecule has 1 heterocycles. The van der Waals surface area contributed by atoms with E-state index in [2.05, 4.69) is 14.2 Å². The number of ether oxygens (including phenoxy) is 3. The van der Waals surface area contributed by atoms with Gasteiger partial charge in [-0.1, -0.05) is 0 Å². The van der Waals surface area contributed by atoms with Gasteiger partial charge in [-0.15, -0.1) is 0 Å². The molecular weight excluding hydrogens is 520 g/mol. The van der Waals surface area contributed by atoms with Crippen LogP contribution in [0.5, 0.6) is 0 Å². The van der Waals surface area contributed by atoms with Crippen molar-refractivity contribution in [1.82, 2.24) is 0 Å². The lowest BCUT2D eigenvalue weighted by atomic mass is 9.88. The molecule has 0 aromatic carbocycles. The Labute approximate surface area is 172 Å². The van der Waals surface area contributed by atoms with Crippen molar-refractivity contribution in [3.63, 3.8) is 0 Å². The summed E-state index contributed by atoms with van der Waals surface area (Å²) in [5.41, 5.74) is 0. The van der Waals surface area contributed by atoms with Crippen LogP contribution in [0.1, 0.15) is 0 Å². The van der Waals surface area contributed by atoms with Crippen LogP contribution in [0.4, 0.5) is 70.2 Å². The van der Waals surface area contributed by atoms with Gasteiger partial charge in [0, 0.05) is 7.11 Å². The van der Waals surface area contributed by atoms with Crippen molar-refractivity contribution >= 4 is 0 Å². The van der Waals surface area contributed by atoms with Gasteiger partial charge >= 0.3 is 47.4 Å². The van der Waals surface area contributed by atoms with Gasteiger partial charge in [0.15, 0.2) is 0 Å². The van der Waals surface area contributed by atoms with Gasteiger partial charge in [-0.3, -0.25) is 0 Å². The zero-order valence-corrected chi connectivity index (χ0v) is 15.7. The van der Waals surface area contributed by atoms with Crippen LogP contribution in [0.3, 0.4) is 0 Å². The summed E-state index contributed by atoms with van der Waals surface area (Å²) >= 11 is 0. The summed E-state index contributed by atoms with van der Waals surface area (Å²) in [5, 5.41) is 0. The molecule has 0 saturated carbocycles. The lowest BCUT2D eigenvalue weighted by molar-refractivity contribution is -0.455. The van der Waals surface area contributed by atoms with Gasteiger partial charge in [-0.05, 0) is 0 Å². The third-order valence-electron chi connectivity index (χ3n) is 4.21. The highest BCUT2D eigenvalue weighted by Crippen LogP contribution is 2.63. The summed E-state index contributed by atoms with van der Waals surface area (Å²) in [4.78, 5) is 0. The number of hydrogen-bond acceptors (Lipinski definition) is 3. The van der Waals surface area contributed by atoms with Crippen molar-refractivity contribution in [2.45, 2.75) is 53.5 Å². The second-order valence-electron chi connectivity index (χ2n) is 6.76. The van der Waals surface area contributed by atoms with Gasteiger partial charge in [0.05, 0.1) is 13.2 Å². The van der Waals surface area contributed by atoms with E-state index in [1.807, 2.05) is 0 Å². The van der Waals surface area contributed by atoms with Gasteiger partial charge in [0.2, 0.25) is 0 Å². The van der Waals surface area contributed by atoms with Gasteiger partial charge in [0.25, 0.3) is 0 Å². The zero-order chi connectivity index (χ0) is 26.5. The maximum absolute atomic E-state index is 13.6. The minimum atomic E-state index is -8.44. The second-order valence-corrected chi connectivity index (χ2v) is 6.76. The average Bonchev–Trinajstić information content (AvgIpc) is 3.44. The summed E-state index contributed by atoms with van der Waals surface area (Å²) in [5.74, 6) is -61.5. The first-order valence-corrected chi connectivity index (χ1v) is 8.10. The van der Waals surface area contributed by atoms with Gasteiger partial charge in [-0.25, -0.2) is 0 Å². The number of epoxide rings is 1. The third-order valence-corrected chi connectivity index (χ3v) is 4.21. The number of rotatable bonds is 13. The molecule has 0 aromatic heterocycles. The molecule has 3 nitrogen and oxygen atoms in total. The molecule has 198 valence electrons. The fourth-order valence-electron chi connectivity index (χ4n) is 2.09. The third kappa shape index (κ3) is 4.43. The standard InChI is InChI=1S/C14H12F16O3/c1-31-4-7(15,16)9(19,20)11(23,24)13(27,28)14(29,30)12(25,26)10(21,22)8(17,18)5-32-2-6-3-33-6/h6H,2-5H2,1H3. The predicted molar refractivity (Wildman–Crippen MR) is 72.0 cm³/mol. The van der Waals surface area contributed by atoms with E-state index in [1.165, 1.54) is 0 Å². The molecule has 0 aliphatic carbocycles. The van der Waals surface area contributed by atoms with E-state index in [4.69, 9.17) is 0 Å². The molecule has 0 N–H and O–H groups in total. The highest BCUT2D eigenvalue weighted by atomic mass is 19.4. The molecule has 33 heavy (non-hydrogen) atoms. The van der Waals surface area contributed by atoms with Crippen LogP contribution in [0.15, 0.2) is 0 Å². The Morgan fingerprint density at radius 2 is 0.879 bits per heavy atom. The Kier molecular flexibility index (Phi) is 7.63. The highest BCUT2D eigenvalue weighted by Gasteiger charge is 2.94. The van der Waals surface area contributed by atoms with Gasteiger partial charge in [-0.2, -0.15) is 70.2 Å². The molecule has 1 rings (SSSR count).